The van der Waals surface area contributed by atoms with Crippen molar-refractivity contribution in [2.75, 3.05) is 24.5 Å². The van der Waals surface area contributed by atoms with E-state index < -0.39 is 0 Å². The molecule has 0 unspecified atom stereocenters. The quantitative estimate of drug-likeness (QED) is 0.928. The molecular weight excluding hydrogens is 291 g/mol. The van der Waals surface area contributed by atoms with Crippen molar-refractivity contribution >= 4 is 41.3 Å². The van der Waals surface area contributed by atoms with E-state index >= 15 is 0 Å². The van der Waals surface area contributed by atoms with Crippen LogP contribution >= 0.6 is 36.2 Å². The van der Waals surface area contributed by atoms with Gasteiger partial charge < -0.3 is 10.2 Å². The SMILES string of the molecule is CCCc1nnc(N2C[C@@H]3CCN[C@@H]3C2)s1.Cl.Cl. The van der Waals surface area contributed by atoms with Crippen LogP contribution in [-0.2, 0) is 6.42 Å². The van der Waals surface area contributed by atoms with E-state index in [4.69, 9.17) is 0 Å². The Kier molecular flexibility index (Phi) is 6.11. The number of hydrogen-bond acceptors (Lipinski definition) is 5. The lowest BCUT2D eigenvalue weighted by Crippen LogP contribution is -2.30. The molecule has 0 saturated carbocycles. The Morgan fingerprint density at radius 1 is 1.33 bits per heavy atom. The summed E-state index contributed by atoms with van der Waals surface area (Å²) >= 11 is 1.77. The van der Waals surface area contributed by atoms with Crippen LogP contribution in [0.4, 0.5) is 5.13 Å². The molecule has 1 aromatic heterocycles. The maximum absolute atomic E-state index is 4.31. The first-order chi connectivity index (χ1) is 7.86. The lowest BCUT2D eigenvalue weighted by Gasteiger charge is -2.14. The summed E-state index contributed by atoms with van der Waals surface area (Å²) in [7, 11) is 0. The zero-order valence-corrected chi connectivity index (χ0v) is 12.9. The number of halogens is 2. The van der Waals surface area contributed by atoms with Gasteiger partial charge in [-0.25, -0.2) is 0 Å². The average molecular weight is 311 g/mol. The zero-order valence-electron chi connectivity index (χ0n) is 10.5. The first kappa shape index (κ1) is 16.0. The fourth-order valence-electron chi connectivity index (χ4n) is 2.69. The van der Waals surface area contributed by atoms with Crippen molar-refractivity contribution in [3.8, 4) is 0 Å². The Hall–Kier alpha value is -0.100. The van der Waals surface area contributed by atoms with Crippen LogP contribution in [0.1, 0.15) is 24.8 Å². The molecule has 4 nitrogen and oxygen atoms in total. The molecule has 104 valence electrons. The number of aromatic nitrogens is 2. The lowest BCUT2D eigenvalue weighted by molar-refractivity contribution is 0.556. The molecule has 0 radical (unpaired) electrons. The Morgan fingerprint density at radius 2 is 2.17 bits per heavy atom. The number of fused-ring (bicyclic) bond motifs is 1. The van der Waals surface area contributed by atoms with Crippen LogP contribution in [-0.4, -0.2) is 35.9 Å². The summed E-state index contributed by atoms with van der Waals surface area (Å²) in [5.41, 5.74) is 0. The van der Waals surface area contributed by atoms with Crippen molar-refractivity contribution in [2.24, 2.45) is 5.92 Å². The number of nitrogens with one attached hydrogen (secondary N) is 1. The summed E-state index contributed by atoms with van der Waals surface area (Å²) in [5.74, 6) is 0.832. The zero-order chi connectivity index (χ0) is 11.0. The third-order valence-electron chi connectivity index (χ3n) is 3.55. The largest absolute Gasteiger partial charge is 0.345 e. The summed E-state index contributed by atoms with van der Waals surface area (Å²) < 4.78 is 0. The van der Waals surface area contributed by atoms with Gasteiger partial charge in [-0.3, -0.25) is 0 Å². The van der Waals surface area contributed by atoms with Crippen molar-refractivity contribution in [1.29, 1.82) is 0 Å². The molecule has 0 spiro atoms. The van der Waals surface area contributed by atoms with Gasteiger partial charge in [-0.05, 0) is 25.3 Å². The van der Waals surface area contributed by atoms with Crippen molar-refractivity contribution in [3.63, 3.8) is 0 Å². The van der Waals surface area contributed by atoms with Crippen LogP contribution in [0.15, 0.2) is 0 Å². The van der Waals surface area contributed by atoms with Gasteiger partial charge in [-0.2, -0.15) is 0 Å². The molecule has 1 N–H and O–H groups in total. The molecule has 2 fully saturated rings. The highest BCUT2D eigenvalue weighted by atomic mass is 35.5. The van der Waals surface area contributed by atoms with Crippen LogP contribution in [0, 0.1) is 5.92 Å². The van der Waals surface area contributed by atoms with Crippen LogP contribution in [0.5, 0.6) is 0 Å². The van der Waals surface area contributed by atoms with Crippen LogP contribution in [0.25, 0.3) is 0 Å². The van der Waals surface area contributed by atoms with Gasteiger partial charge in [0, 0.05) is 25.6 Å². The van der Waals surface area contributed by atoms with Gasteiger partial charge in [0.15, 0.2) is 0 Å². The van der Waals surface area contributed by atoms with E-state index in [0.29, 0.717) is 6.04 Å². The normalized spacial score (nSPS) is 25.5. The van der Waals surface area contributed by atoms with Crippen LogP contribution in [0.3, 0.4) is 0 Å². The highest BCUT2D eigenvalue weighted by Crippen LogP contribution is 2.30. The van der Waals surface area contributed by atoms with Crippen LogP contribution in [0.2, 0.25) is 0 Å². The second-order valence-electron chi connectivity index (χ2n) is 4.74. The van der Waals surface area contributed by atoms with E-state index in [1.807, 2.05) is 0 Å². The Bertz CT molecular complexity index is 362. The molecule has 2 atom stereocenters. The first-order valence-corrected chi connectivity index (χ1v) is 6.99. The fourth-order valence-corrected chi connectivity index (χ4v) is 3.65. The minimum atomic E-state index is 0. The summed E-state index contributed by atoms with van der Waals surface area (Å²) in [4.78, 5) is 2.40. The summed E-state index contributed by atoms with van der Waals surface area (Å²) in [6.45, 7) is 5.66. The van der Waals surface area contributed by atoms with Crippen LogP contribution < -0.4 is 10.2 Å². The molecule has 1 aromatic rings. The number of aryl methyl sites for hydroxylation is 1. The van der Waals surface area contributed by atoms with Gasteiger partial charge in [0.2, 0.25) is 5.13 Å². The standard InChI is InChI=1S/C11H18N4S.2ClH/c1-2-3-10-13-14-11(16-10)15-6-8-4-5-12-9(8)7-15;;/h8-9,12H,2-7H2,1H3;2*1H/t8-,9+;;/m0../s1. The Labute approximate surface area is 124 Å². The molecule has 2 aliphatic rings. The van der Waals surface area contributed by atoms with Crippen molar-refractivity contribution in [3.05, 3.63) is 5.01 Å². The van der Waals surface area contributed by atoms with E-state index in [0.717, 1.165) is 30.4 Å². The Balaban J connectivity index is 0.000000810. The third kappa shape index (κ3) is 3.07. The first-order valence-electron chi connectivity index (χ1n) is 6.17. The molecule has 3 heterocycles. The predicted molar refractivity (Wildman–Crippen MR) is 80.5 cm³/mol. The second-order valence-corrected chi connectivity index (χ2v) is 5.78. The lowest BCUT2D eigenvalue weighted by atomic mass is 10.1. The van der Waals surface area contributed by atoms with Gasteiger partial charge in [0.25, 0.3) is 0 Å². The minimum absolute atomic E-state index is 0. The third-order valence-corrected chi connectivity index (χ3v) is 4.60. The van der Waals surface area contributed by atoms with E-state index in [1.165, 1.54) is 24.5 Å². The minimum Gasteiger partial charge on any atom is -0.345 e. The smallest absolute Gasteiger partial charge is 0.208 e. The van der Waals surface area contributed by atoms with Crippen molar-refractivity contribution in [2.45, 2.75) is 32.2 Å². The number of hydrogen-bond donors (Lipinski definition) is 1. The summed E-state index contributed by atoms with van der Waals surface area (Å²) in [6, 6.07) is 0.693. The van der Waals surface area contributed by atoms with Gasteiger partial charge in [0.1, 0.15) is 5.01 Å². The van der Waals surface area contributed by atoms with E-state index in [-0.39, 0.29) is 24.8 Å². The Morgan fingerprint density at radius 3 is 2.89 bits per heavy atom. The van der Waals surface area contributed by atoms with Gasteiger partial charge >= 0.3 is 0 Å². The van der Waals surface area contributed by atoms with Gasteiger partial charge in [0.05, 0.1) is 0 Å². The molecule has 18 heavy (non-hydrogen) atoms. The average Bonchev–Trinajstić information content (AvgIpc) is 2.88. The highest BCUT2D eigenvalue weighted by Gasteiger charge is 2.37. The summed E-state index contributed by atoms with van der Waals surface area (Å²) in [5, 5.41) is 14.4. The van der Waals surface area contributed by atoms with Gasteiger partial charge in [-0.1, -0.05) is 18.3 Å². The molecule has 7 heteroatoms. The van der Waals surface area contributed by atoms with E-state index in [2.05, 4.69) is 27.3 Å². The molecule has 0 amide bonds. The van der Waals surface area contributed by atoms with E-state index in [9.17, 15) is 0 Å². The maximum atomic E-state index is 4.31. The topological polar surface area (TPSA) is 41.1 Å². The predicted octanol–water partition coefficient (Wildman–Crippen LogP) is 2.13. The molecule has 3 rings (SSSR count). The molecule has 2 aliphatic heterocycles. The van der Waals surface area contributed by atoms with Gasteiger partial charge in [-0.15, -0.1) is 35.0 Å². The molecular formula is C11H20Cl2N4S. The highest BCUT2D eigenvalue weighted by molar-refractivity contribution is 7.15. The van der Waals surface area contributed by atoms with Crippen molar-refractivity contribution in [1.82, 2.24) is 15.5 Å². The number of anilines is 1. The van der Waals surface area contributed by atoms with Crippen molar-refractivity contribution < 1.29 is 0 Å². The number of rotatable bonds is 3. The second kappa shape index (κ2) is 6.89. The van der Waals surface area contributed by atoms with E-state index in [1.54, 1.807) is 11.3 Å². The maximum Gasteiger partial charge on any atom is 0.208 e. The fraction of sp³-hybridized carbons (Fsp3) is 0.818. The molecule has 0 bridgehead atoms. The molecule has 2 saturated heterocycles. The molecule has 0 aliphatic carbocycles. The number of nitrogens with zero attached hydrogens (tertiary/aromatic N) is 3. The summed E-state index contributed by atoms with van der Waals surface area (Å²) in [6.07, 6.45) is 3.54. The monoisotopic (exact) mass is 310 g/mol. The molecule has 0 aromatic carbocycles.